The minimum Gasteiger partial charge on any atom is -0.325 e. The van der Waals surface area contributed by atoms with Gasteiger partial charge in [0.2, 0.25) is 0 Å². The van der Waals surface area contributed by atoms with Crippen molar-refractivity contribution in [3.8, 4) is 0 Å². The lowest BCUT2D eigenvalue weighted by Crippen LogP contribution is -2.36. The van der Waals surface area contributed by atoms with Crippen molar-refractivity contribution in [1.82, 2.24) is 9.78 Å². The lowest BCUT2D eigenvalue weighted by Gasteiger charge is -2.19. The first-order chi connectivity index (χ1) is 8.34. The second-order valence-corrected chi connectivity index (χ2v) is 3.57. The summed E-state index contributed by atoms with van der Waals surface area (Å²) in [6.45, 7) is -0.883. The van der Waals surface area contributed by atoms with E-state index < -0.39 is 41.8 Å². The standard InChI is InChI=1S/C8H7F8N3/c1-19-3(2-17)4(7(11,12)13)5(18-19)6(9,10)8(14,15)16/h2,17H2,1H3. The third-order valence-electron chi connectivity index (χ3n) is 2.30. The van der Waals surface area contributed by atoms with Gasteiger partial charge in [0, 0.05) is 13.6 Å². The van der Waals surface area contributed by atoms with Crippen LogP contribution in [0.4, 0.5) is 35.1 Å². The minimum absolute atomic E-state index is 0.262. The Bertz CT molecular complexity index is 470. The van der Waals surface area contributed by atoms with Gasteiger partial charge in [0.15, 0.2) is 5.69 Å². The molecule has 0 aliphatic rings. The van der Waals surface area contributed by atoms with Crippen LogP contribution < -0.4 is 5.73 Å². The van der Waals surface area contributed by atoms with Crippen molar-refractivity contribution in [2.75, 3.05) is 0 Å². The highest BCUT2D eigenvalue weighted by molar-refractivity contribution is 5.33. The fourth-order valence-electron chi connectivity index (χ4n) is 1.44. The quantitative estimate of drug-likeness (QED) is 0.853. The highest BCUT2D eigenvalue weighted by Crippen LogP contribution is 2.48. The summed E-state index contributed by atoms with van der Waals surface area (Å²) in [5.74, 6) is -5.72. The summed E-state index contributed by atoms with van der Waals surface area (Å²) in [6, 6.07) is 0. The number of aryl methyl sites for hydroxylation is 1. The average Bonchev–Trinajstić information content (AvgIpc) is 2.53. The molecule has 0 aliphatic heterocycles. The first kappa shape index (κ1) is 15.7. The Hall–Kier alpha value is -1.39. The monoisotopic (exact) mass is 297 g/mol. The molecule has 1 rings (SSSR count). The maximum absolute atomic E-state index is 13.0. The highest BCUT2D eigenvalue weighted by atomic mass is 19.4. The molecule has 110 valence electrons. The molecule has 0 aliphatic carbocycles. The van der Waals surface area contributed by atoms with Crippen LogP contribution in [0, 0.1) is 0 Å². The van der Waals surface area contributed by atoms with Crippen molar-refractivity contribution in [1.29, 1.82) is 0 Å². The van der Waals surface area contributed by atoms with Gasteiger partial charge in [0.1, 0.15) is 5.56 Å². The molecule has 11 heteroatoms. The van der Waals surface area contributed by atoms with Gasteiger partial charge in [-0.2, -0.15) is 40.2 Å². The van der Waals surface area contributed by atoms with Crippen molar-refractivity contribution in [3.63, 3.8) is 0 Å². The zero-order valence-corrected chi connectivity index (χ0v) is 9.20. The van der Waals surface area contributed by atoms with Crippen molar-refractivity contribution >= 4 is 0 Å². The highest BCUT2D eigenvalue weighted by Gasteiger charge is 2.63. The van der Waals surface area contributed by atoms with Gasteiger partial charge >= 0.3 is 18.3 Å². The van der Waals surface area contributed by atoms with Crippen LogP contribution in [0.15, 0.2) is 0 Å². The topological polar surface area (TPSA) is 43.8 Å². The lowest BCUT2D eigenvalue weighted by atomic mass is 10.1. The predicted molar refractivity (Wildman–Crippen MR) is 46.1 cm³/mol. The number of alkyl halides is 8. The fourth-order valence-corrected chi connectivity index (χ4v) is 1.44. The second-order valence-electron chi connectivity index (χ2n) is 3.57. The fraction of sp³-hybridized carbons (Fsp3) is 0.625. The van der Waals surface area contributed by atoms with Crippen LogP contribution >= 0.6 is 0 Å². The zero-order valence-electron chi connectivity index (χ0n) is 9.20. The molecule has 0 radical (unpaired) electrons. The van der Waals surface area contributed by atoms with Gasteiger partial charge in [-0.1, -0.05) is 0 Å². The number of nitrogens with two attached hydrogens (primary N) is 1. The maximum atomic E-state index is 13.0. The van der Waals surface area contributed by atoms with E-state index >= 15 is 0 Å². The minimum atomic E-state index is -6.19. The summed E-state index contributed by atoms with van der Waals surface area (Å²) >= 11 is 0. The van der Waals surface area contributed by atoms with Crippen LogP contribution in [0.25, 0.3) is 0 Å². The van der Waals surface area contributed by atoms with Gasteiger partial charge in [0.05, 0.1) is 5.69 Å². The summed E-state index contributed by atoms with van der Waals surface area (Å²) in [5.41, 5.74) is -0.572. The van der Waals surface area contributed by atoms with Crippen LogP contribution in [0.5, 0.6) is 0 Å². The van der Waals surface area contributed by atoms with Crippen LogP contribution in [0.3, 0.4) is 0 Å². The summed E-state index contributed by atoms with van der Waals surface area (Å²) in [5, 5.41) is 2.63. The van der Waals surface area contributed by atoms with Crippen molar-refractivity contribution in [2.45, 2.75) is 24.8 Å². The molecule has 2 N–H and O–H groups in total. The van der Waals surface area contributed by atoms with Gasteiger partial charge < -0.3 is 5.73 Å². The van der Waals surface area contributed by atoms with Gasteiger partial charge in [-0.25, -0.2) is 0 Å². The Balaban J connectivity index is 3.63. The Kier molecular flexibility index (Phi) is 3.56. The van der Waals surface area contributed by atoms with E-state index in [4.69, 9.17) is 5.73 Å². The first-order valence-corrected chi connectivity index (χ1v) is 4.62. The van der Waals surface area contributed by atoms with E-state index in [1.165, 1.54) is 0 Å². The van der Waals surface area contributed by atoms with E-state index in [0.717, 1.165) is 7.05 Å². The van der Waals surface area contributed by atoms with Crippen molar-refractivity contribution in [3.05, 3.63) is 17.0 Å². The number of hydrogen-bond donors (Lipinski definition) is 1. The zero-order chi connectivity index (χ0) is 15.2. The van der Waals surface area contributed by atoms with Crippen LogP contribution in [-0.2, 0) is 25.7 Å². The summed E-state index contributed by atoms with van der Waals surface area (Å²) in [6.07, 6.45) is -11.6. The number of halogens is 8. The number of nitrogens with zero attached hydrogens (tertiary/aromatic N) is 2. The molecular weight excluding hydrogens is 290 g/mol. The third kappa shape index (κ3) is 2.51. The van der Waals surface area contributed by atoms with Gasteiger partial charge in [-0.05, 0) is 0 Å². The Morgan fingerprint density at radius 1 is 1.05 bits per heavy atom. The van der Waals surface area contributed by atoms with E-state index in [-0.39, 0.29) is 4.68 Å². The van der Waals surface area contributed by atoms with Crippen LogP contribution in [-0.4, -0.2) is 16.0 Å². The van der Waals surface area contributed by atoms with Gasteiger partial charge in [0.25, 0.3) is 0 Å². The van der Waals surface area contributed by atoms with Crippen LogP contribution in [0.1, 0.15) is 17.0 Å². The molecule has 0 saturated carbocycles. The van der Waals surface area contributed by atoms with E-state index in [0.29, 0.717) is 0 Å². The lowest BCUT2D eigenvalue weighted by molar-refractivity contribution is -0.292. The molecule has 19 heavy (non-hydrogen) atoms. The van der Waals surface area contributed by atoms with E-state index in [2.05, 4.69) is 5.10 Å². The molecule has 0 aromatic carbocycles. The smallest absolute Gasteiger partial charge is 0.325 e. The molecule has 0 atom stereocenters. The maximum Gasteiger partial charge on any atom is 0.459 e. The number of aromatic nitrogens is 2. The summed E-state index contributed by atoms with van der Waals surface area (Å²) < 4.78 is 101. The molecule has 0 spiro atoms. The predicted octanol–water partition coefficient (Wildman–Crippen LogP) is 2.55. The average molecular weight is 297 g/mol. The first-order valence-electron chi connectivity index (χ1n) is 4.62. The molecule has 3 nitrogen and oxygen atoms in total. The molecular formula is C8H7F8N3. The molecule has 0 bridgehead atoms. The Morgan fingerprint density at radius 2 is 1.53 bits per heavy atom. The van der Waals surface area contributed by atoms with E-state index in [1.54, 1.807) is 0 Å². The number of hydrogen-bond acceptors (Lipinski definition) is 2. The SMILES string of the molecule is Cn1nc(C(F)(F)C(F)(F)F)c(C(F)(F)F)c1CN. The van der Waals surface area contributed by atoms with Gasteiger partial charge in [-0.15, -0.1) is 0 Å². The molecule has 1 heterocycles. The van der Waals surface area contributed by atoms with Crippen molar-refractivity contribution < 1.29 is 35.1 Å². The summed E-state index contributed by atoms with van der Waals surface area (Å²) in [7, 11) is 0.799. The molecule has 1 aromatic heterocycles. The van der Waals surface area contributed by atoms with E-state index in [9.17, 15) is 35.1 Å². The third-order valence-corrected chi connectivity index (χ3v) is 2.30. The van der Waals surface area contributed by atoms with Crippen molar-refractivity contribution in [2.24, 2.45) is 12.8 Å². The van der Waals surface area contributed by atoms with E-state index in [1.807, 2.05) is 0 Å². The van der Waals surface area contributed by atoms with Crippen LogP contribution in [0.2, 0.25) is 0 Å². The number of rotatable bonds is 2. The molecule has 0 saturated heterocycles. The van der Waals surface area contributed by atoms with Gasteiger partial charge in [-0.3, -0.25) is 4.68 Å². The second kappa shape index (κ2) is 4.32. The Labute approximate surface area is 101 Å². The Morgan fingerprint density at radius 3 is 1.84 bits per heavy atom. The molecule has 0 unspecified atom stereocenters. The summed E-state index contributed by atoms with van der Waals surface area (Å²) in [4.78, 5) is 0. The molecule has 0 amide bonds. The molecule has 1 aromatic rings. The molecule has 0 fully saturated rings. The largest absolute Gasteiger partial charge is 0.459 e. The normalized spacial score (nSPS) is 14.0.